The van der Waals surface area contributed by atoms with Gasteiger partial charge in [0.05, 0.1) is 17.6 Å². The lowest BCUT2D eigenvalue weighted by Gasteiger charge is -2.29. The van der Waals surface area contributed by atoms with Crippen LogP contribution in [0.1, 0.15) is 22.5 Å². The zero-order valence-electron chi connectivity index (χ0n) is 9.95. The number of hydrogen-bond acceptors (Lipinski definition) is 5. The van der Waals surface area contributed by atoms with Crippen LogP contribution in [0.4, 0.5) is 5.69 Å². The number of carbonyl (C=O) groups excluding carboxylic acids is 1. The summed E-state index contributed by atoms with van der Waals surface area (Å²) in [6.07, 6.45) is 1.89. The normalized spacial score (nSPS) is 16.4. The number of benzene rings is 1. The molecule has 7 nitrogen and oxygen atoms in total. The summed E-state index contributed by atoms with van der Waals surface area (Å²) in [6, 6.07) is 7.32. The lowest BCUT2D eigenvalue weighted by atomic mass is 9.99. The van der Waals surface area contributed by atoms with Gasteiger partial charge in [-0.05, 0) is 6.07 Å². The Hall–Kier alpha value is -2.70. The molecule has 19 heavy (non-hydrogen) atoms. The van der Waals surface area contributed by atoms with Crippen LogP contribution in [0.15, 0.2) is 35.6 Å². The molecule has 2 aromatic rings. The summed E-state index contributed by atoms with van der Waals surface area (Å²) in [5.41, 5.74) is 2.32. The highest BCUT2D eigenvalue weighted by atomic mass is 16.4. The molecule has 0 aliphatic carbocycles. The summed E-state index contributed by atoms with van der Waals surface area (Å²) in [7, 11) is 0. The number of carbonyl (C=O) groups is 1. The van der Waals surface area contributed by atoms with Crippen LogP contribution in [0.2, 0.25) is 0 Å². The first-order valence-corrected chi connectivity index (χ1v) is 5.79. The molecule has 0 saturated carbocycles. The van der Waals surface area contributed by atoms with E-state index in [0.29, 0.717) is 18.7 Å². The first-order valence-electron chi connectivity index (χ1n) is 5.79. The van der Waals surface area contributed by atoms with E-state index in [4.69, 9.17) is 5.21 Å². The van der Waals surface area contributed by atoms with E-state index in [1.165, 1.54) is 6.20 Å². The van der Waals surface area contributed by atoms with E-state index in [-0.39, 0.29) is 11.6 Å². The minimum atomic E-state index is -0.224. The van der Waals surface area contributed by atoms with Gasteiger partial charge in [0.25, 0.3) is 5.91 Å². The number of anilines is 1. The second kappa shape index (κ2) is 4.52. The molecule has 1 amide bonds. The molecule has 0 saturated heterocycles. The Morgan fingerprint density at radius 3 is 3.00 bits per heavy atom. The summed E-state index contributed by atoms with van der Waals surface area (Å²) in [4.78, 5) is 13.9. The largest absolute Gasteiger partial charge is 0.411 e. The van der Waals surface area contributed by atoms with Gasteiger partial charge in [-0.15, -0.1) is 0 Å². The number of amides is 1. The average Bonchev–Trinajstić information content (AvgIpc) is 2.99. The number of oxime groups is 1. The number of fused-ring (bicyclic) bond motifs is 1. The number of nitrogens with zero attached hydrogens (tertiary/aromatic N) is 4. The Balaban J connectivity index is 2.03. The predicted octanol–water partition coefficient (Wildman–Crippen LogP) is 1.03. The van der Waals surface area contributed by atoms with E-state index in [1.807, 2.05) is 24.3 Å². The molecular formula is C12H11N5O2. The molecule has 0 bridgehead atoms. The maximum Gasteiger partial charge on any atom is 0.280 e. The van der Waals surface area contributed by atoms with Gasteiger partial charge in [-0.2, -0.15) is 15.4 Å². The van der Waals surface area contributed by atoms with Crippen LogP contribution in [0.3, 0.4) is 0 Å². The Morgan fingerprint density at radius 1 is 1.42 bits per heavy atom. The van der Waals surface area contributed by atoms with Crippen molar-refractivity contribution in [3.63, 3.8) is 0 Å². The lowest BCUT2D eigenvalue weighted by Crippen LogP contribution is -2.37. The van der Waals surface area contributed by atoms with Crippen molar-refractivity contribution in [2.75, 3.05) is 11.4 Å². The molecule has 0 spiro atoms. The lowest BCUT2D eigenvalue weighted by molar-refractivity contribution is 0.0982. The van der Waals surface area contributed by atoms with Gasteiger partial charge in [0, 0.05) is 18.5 Å². The van der Waals surface area contributed by atoms with Gasteiger partial charge in [0.1, 0.15) is 0 Å². The molecule has 0 radical (unpaired) electrons. The van der Waals surface area contributed by atoms with Crippen molar-refractivity contribution < 1.29 is 10.0 Å². The van der Waals surface area contributed by atoms with Crippen LogP contribution in [0.5, 0.6) is 0 Å². The first kappa shape index (κ1) is 11.4. The number of nitrogens with one attached hydrogen (secondary N) is 1. The van der Waals surface area contributed by atoms with Crippen molar-refractivity contribution in [1.29, 1.82) is 0 Å². The molecule has 1 aliphatic rings. The Bertz CT molecular complexity index is 635. The molecule has 0 unspecified atom stereocenters. The quantitative estimate of drug-likeness (QED) is 0.589. The molecule has 3 rings (SSSR count). The second-order valence-electron chi connectivity index (χ2n) is 4.13. The van der Waals surface area contributed by atoms with Gasteiger partial charge in [-0.1, -0.05) is 23.4 Å². The molecule has 2 N–H and O–H groups in total. The van der Waals surface area contributed by atoms with Gasteiger partial charge < -0.3 is 10.1 Å². The second-order valence-corrected chi connectivity index (χ2v) is 4.13. The number of para-hydroxylation sites is 1. The molecule has 0 atom stereocenters. The number of hydrogen-bond donors (Lipinski definition) is 2. The van der Waals surface area contributed by atoms with E-state index in [1.54, 1.807) is 4.90 Å². The highest BCUT2D eigenvalue weighted by Gasteiger charge is 2.27. The van der Waals surface area contributed by atoms with Crippen LogP contribution < -0.4 is 4.90 Å². The molecule has 2 heterocycles. The monoisotopic (exact) mass is 257 g/mol. The van der Waals surface area contributed by atoms with Gasteiger partial charge in [0.2, 0.25) is 0 Å². The minimum Gasteiger partial charge on any atom is -0.411 e. The summed E-state index contributed by atoms with van der Waals surface area (Å²) < 4.78 is 0. The summed E-state index contributed by atoms with van der Waals surface area (Å²) >= 11 is 0. The van der Waals surface area contributed by atoms with Crippen molar-refractivity contribution in [2.45, 2.75) is 6.42 Å². The molecule has 96 valence electrons. The number of aromatic amines is 1. The van der Waals surface area contributed by atoms with Crippen LogP contribution in [0, 0.1) is 0 Å². The van der Waals surface area contributed by atoms with Gasteiger partial charge in [0.15, 0.2) is 5.69 Å². The third-order valence-corrected chi connectivity index (χ3v) is 3.08. The van der Waals surface area contributed by atoms with E-state index in [0.717, 1.165) is 11.3 Å². The molecule has 0 fully saturated rings. The predicted molar refractivity (Wildman–Crippen MR) is 67.4 cm³/mol. The summed E-state index contributed by atoms with van der Waals surface area (Å²) in [6.45, 7) is 0.447. The van der Waals surface area contributed by atoms with Crippen molar-refractivity contribution in [2.24, 2.45) is 5.16 Å². The smallest absolute Gasteiger partial charge is 0.280 e. The fourth-order valence-electron chi connectivity index (χ4n) is 2.18. The van der Waals surface area contributed by atoms with E-state index in [2.05, 4.69) is 20.6 Å². The van der Waals surface area contributed by atoms with Crippen molar-refractivity contribution in [3.8, 4) is 0 Å². The molecule has 1 aromatic carbocycles. The standard InChI is InChI=1S/C12H11N5O2/c18-12(10-7-13-16-14-10)17-6-5-9(15-19)8-3-1-2-4-11(8)17/h1-4,7,19H,5-6H2,(H,13,14,16). The maximum absolute atomic E-state index is 12.3. The first-order chi connectivity index (χ1) is 9.31. The number of aromatic nitrogens is 3. The fourth-order valence-corrected chi connectivity index (χ4v) is 2.18. The number of rotatable bonds is 1. The molecule has 1 aliphatic heterocycles. The van der Waals surface area contributed by atoms with Gasteiger partial charge >= 0.3 is 0 Å². The Labute approximate surface area is 108 Å². The summed E-state index contributed by atoms with van der Waals surface area (Å²) in [5.74, 6) is -0.224. The zero-order valence-corrected chi connectivity index (χ0v) is 9.95. The Morgan fingerprint density at radius 2 is 2.26 bits per heavy atom. The SMILES string of the molecule is O=C(c1cn[nH]n1)N1CCC(=NO)c2ccccc21. The minimum absolute atomic E-state index is 0.224. The van der Waals surface area contributed by atoms with Crippen LogP contribution in [0.25, 0.3) is 0 Å². The topological polar surface area (TPSA) is 94.5 Å². The average molecular weight is 257 g/mol. The third-order valence-electron chi connectivity index (χ3n) is 3.08. The van der Waals surface area contributed by atoms with Crippen LogP contribution in [-0.2, 0) is 0 Å². The van der Waals surface area contributed by atoms with Crippen molar-refractivity contribution >= 4 is 17.3 Å². The Kier molecular flexibility index (Phi) is 2.71. The van der Waals surface area contributed by atoms with E-state index >= 15 is 0 Å². The molecular weight excluding hydrogens is 246 g/mol. The fraction of sp³-hybridized carbons (Fsp3) is 0.167. The van der Waals surface area contributed by atoms with Gasteiger partial charge in [-0.3, -0.25) is 4.79 Å². The van der Waals surface area contributed by atoms with Crippen LogP contribution >= 0.6 is 0 Å². The highest BCUT2D eigenvalue weighted by Crippen LogP contribution is 2.28. The summed E-state index contributed by atoms with van der Waals surface area (Å²) in [5, 5.41) is 22.2. The van der Waals surface area contributed by atoms with Gasteiger partial charge in [-0.25, -0.2) is 0 Å². The maximum atomic E-state index is 12.3. The van der Waals surface area contributed by atoms with E-state index < -0.39 is 0 Å². The van der Waals surface area contributed by atoms with E-state index in [9.17, 15) is 4.79 Å². The van der Waals surface area contributed by atoms with Crippen LogP contribution in [-0.4, -0.2) is 38.8 Å². The van der Waals surface area contributed by atoms with Crippen molar-refractivity contribution in [1.82, 2.24) is 15.4 Å². The molecule has 1 aromatic heterocycles. The number of H-pyrrole nitrogens is 1. The molecule has 7 heteroatoms. The van der Waals surface area contributed by atoms with Crippen molar-refractivity contribution in [3.05, 3.63) is 41.7 Å². The zero-order chi connectivity index (χ0) is 13.2. The third kappa shape index (κ3) is 1.85. The highest BCUT2D eigenvalue weighted by molar-refractivity contribution is 6.14.